The predicted molar refractivity (Wildman–Crippen MR) is 97.3 cm³/mol. The lowest BCUT2D eigenvalue weighted by Crippen LogP contribution is -2.37. The zero-order valence-electron chi connectivity index (χ0n) is 14.9. The van der Waals surface area contributed by atoms with Gasteiger partial charge in [-0.15, -0.1) is 0 Å². The molecule has 0 bridgehead atoms. The highest BCUT2D eigenvalue weighted by atomic mass is 19.1. The molecule has 0 saturated carbocycles. The molecule has 0 unspecified atom stereocenters. The fourth-order valence-corrected chi connectivity index (χ4v) is 2.88. The van der Waals surface area contributed by atoms with Crippen molar-refractivity contribution >= 4 is 16.9 Å². The number of benzene rings is 2. The Kier molecular flexibility index (Phi) is 5.18. The van der Waals surface area contributed by atoms with Crippen molar-refractivity contribution in [3.8, 4) is 5.75 Å². The first-order valence-corrected chi connectivity index (χ1v) is 8.20. The zero-order chi connectivity index (χ0) is 18.7. The number of amides is 1. The Balaban J connectivity index is 1.74. The molecular formula is C19H21FN4O2. The van der Waals surface area contributed by atoms with Gasteiger partial charge in [-0.2, -0.15) is 0 Å². The number of halogens is 1. The summed E-state index contributed by atoms with van der Waals surface area (Å²) in [7, 11) is 5.16. The molecule has 3 aromatic rings. The van der Waals surface area contributed by atoms with Gasteiger partial charge < -0.3 is 15.0 Å². The first-order chi connectivity index (χ1) is 12.5. The number of methoxy groups -OCH3 is 1. The van der Waals surface area contributed by atoms with Gasteiger partial charge >= 0.3 is 0 Å². The highest BCUT2D eigenvalue weighted by Crippen LogP contribution is 2.21. The molecule has 6 nitrogen and oxygen atoms in total. The standard InChI is InChI=1S/C19H21FN4O2/c1-24(2)18(12-5-4-6-13(20)9-12)19(25)21-11-17-22-15-8-7-14(26-3)10-16(15)23-17/h4-10,18H,11H2,1-3H3,(H,21,25)(H,22,23)/t18-/m1/s1. The number of ether oxygens (including phenoxy) is 1. The van der Waals surface area contributed by atoms with E-state index in [4.69, 9.17) is 4.74 Å². The minimum absolute atomic E-state index is 0.223. The van der Waals surface area contributed by atoms with E-state index in [1.54, 1.807) is 38.2 Å². The normalized spacial score (nSPS) is 12.3. The van der Waals surface area contributed by atoms with E-state index in [0.29, 0.717) is 11.4 Å². The van der Waals surface area contributed by atoms with Gasteiger partial charge in [0, 0.05) is 6.07 Å². The van der Waals surface area contributed by atoms with Gasteiger partial charge in [-0.25, -0.2) is 9.37 Å². The first-order valence-electron chi connectivity index (χ1n) is 8.20. The van der Waals surface area contributed by atoms with E-state index < -0.39 is 6.04 Å². The highest BCUT2D eigenvalue weighted by Gasteiger charge is 2.23. The minimum atomic E-state index is -0.588. The number of H-pyrrole nitrogens is 1. The number of nitrogens with one attached hydrogen (secondary N) is 2. The summed E-state index contributed by atoms with van der Waals surface area (Å²) in [6.45, 7) is 0.246. The van der Waals surface area contributed by atoms with Crippen LogP contribution in [0.15, 0.2) is 42.5 Å². The number of hydrogen-bond acceptors (Lipinski definition) is 4. The fourth-order valence-electron chi connectivity index (χ4n) is 2.88. The third-order valence-corrected chi connectivity index (χ3v) is 4.10. The van der Waals surface area contributed by atoms with E-state index >= 15 is 0 Å². The maximum absolute atomic E-state index is 13.5. The number of carbonyl (C=O) groups excluding carboxylic acids is 1. The SMILES string of the molecule is COc1ccc2nc(CNC(=O)[C@@H](c3cccc(F)c3)N(C)C)[nH]c2c1. The minimum Gasteiger partial charge on any atom is -0.497 e. The third-order valence-electron chi connectivity index (χ3n) is 4.10. The van der Waals surface area contributed by atoms with Gasteiger partial charge in [0.05, 0.1) is 24.7 Å². The van der Waals surface area contributed by atoms with Crippen molar-refractivity contribution in [1.29, 1.82) is 0 Å². The molecule has 1 amide bonds. The molecule has 2 N–H and O–H groups in total. The number of aromatic amines is 1. The summed E-state index contributed by atoms with van der Waals surface area (Å²) in [5, 5.41) is 2.86. The van der Waals surface area contributed by atoms with Gasteiger partial charge in [0.2, 0.25) is 5.91 Å². The van der Waals surface area contributed by atoms with E-state index in [1.807, 2.05) is 18.2 Å². The van der Waals surface area contributed by atoms with Crippen molar-refractivity contribution in [2.75, 3.05) is 21.2 Å². The van der Waals surface area contributed by atoms with Crippen LogP contribution in [-0.2, 0) is 11.3 Å². The molecule has 0 radical (unpaired) electrons. The quantitative estimate of drug-likeness (QED) is 0.712. The van der Waals surface area contributed by atoms with Crippen LogP contribution in [0.1, 0.15) is 17.4 Å². The van der Waals surface area contributed by atoms with Crippen molar-refractivity contribution in [3.05, 3.63) is 59.7 Å². The average Bonchev–Trinajstić information content (AvgIpc) is 3.01. The van der Waals surface area contributed by atoms with Crippen LogP contribution in [-0.4, -0.2) is 42.0 Å². The van der Waals surface area contributed by atoms with Crippen LogP contribution in [0.5, 0.6) is 5.75 Å². The number of aromatic nitrogens is 2. The maximum atomic E-state index is 13.5. The second-order valence-electron chi connectivity index (χ2n) is 6.21. The molecule has 26 heavy (non-hydrogen) atoms. The van der Waals surface area contributed by atoms with Gasteiger partial charge in [-0.05, 0) is 43.9 Å². The van der Waals surface area contributed by atoms with E-state index in [9.17, 15) is 9.18 Å². The number of likely N-dealkylation sites (N-methyl/N-ethyl adjacent to an activating group) is 1. The molecule has 7 heteroatoms. The maximum Gasteiger partial charge on any atom is 0.242 e. The number of hydrogen-bond donors (Lipinski definition) is 2. The smallest absolute Gasteiger partial charge is 0.242 e. The Bertz CT molecular complexity index is 923. The monoisotopic (exact) mass is 356 g/mol. The summed E-state index contributed by atoms with van der Waals surface area (Å²) < 4.78 is 18.7. The van der Waals surface area contributed by atoms with E-state index in [2.05, 4.69) is 15.3 Å². The number of carbonyl (C=O) groups is 1. The van der Waals surface area contributed by atoms with Crippen molar-refractivity contribution in [1.82, 2.24) is 20.2 Å². The summed E-state index contributed by atoms with van der Waals surface area (Å²) in [6, 6.07) is 11.0. The van der Waals surface area contributed by atoms with Crippen LogP contribution in [0, 0.1) is 5.82 Å². The molecular weight excluding hydrogens is 335 g/mol. The Morgan fingerprint density at radius 3 is 2.81 bits per heavy atom. The lowest BCUT2D eigenvalue weighted by Gasteiger charge is -2.23. The lowest BCUT2D eigenvalue weighted by molar-refractivity contribution is -0.126. The number of fused-ring (bicyclic) bond motifs is 1. The summed E-state index contributed by atoms with van der Waals surface area (Å²) >= 11 is 0. The summed E-state index contributed by atoms with van der Waals surface area (Å²) in [4.78, 5) is 22.0. The van der Waals surface area contributed by atoms with Crippen LogP contribution in [0.2, 0.25) is 0 Å². The zero-order valence-corrected chi connectivity index (χ0v) is 14.9. The average molecular weight is 356 g/mol. The molecule has 0 aliphatic rings. The molecule has 0 aliphatic heterocycles. The summed E-state index contributed by atoms with van der Waals surface area (Å²) in [5.74, 6) is 0.779. The van der Waals surface area contributed by atoms with Gasteiger partial charge in [0.25, 0.3) is 0 Å². The van der Waals surface area contributed by atoms with Crippen LogP contribution in [0.25, 0.3) is 11.0 Å². The van der Waals surface area contributed by atoms with Gasteiger partial charge in [-0.3, -0.25) is 9.69 Å². The molecule has 136 valence electrons. The van der Waals surface area contributed by atoms with Gasteiger partial charge in [-0.1, -0.05) is 12.1 Å². The largest absolute Gasteiger partial charge is 0.497 e. The molecule has 0 spiro atoms. The molecule has 0 aliphatic carbocycles. The second-order valence-corrected chi connectivity index (χ2v) is 6.21. The van der Waals surface area contributed by atoms with Crippen LogP contribution in [0.3, 0.4) is 0 Å². The molecule has 0 saturated heterocycles. The van der Waals surface area contributed by atoms with Crippen LogP contribution in [0.4, 0.5) is 4.39 Å². The topological polar surface area (TPSA) is 70.2 Å². The molecule has 1 atom stereocenters. The molecule has 2 aromatic carbocycles. The van der Waals surface area contributed by atoms with Crippen molar-refractivity contribution in [3.63, 3.8) is 0 Å². The molecule has 1 heterocycles. The molecule has 0 fully saturated rings. The predicted octanol–water partition coefficient (Wildman–Crippen LogP) is 2.63. The number of nitrogens with zero attached hydrogens (tertiary/aromatic N) is 2. The van der Waals surface area contributed by atoms with Crippen LogP contribution < -0.4 is 10.1 Å². The van der Waals surface area contributed by atoms with Gasteiger partial charge in [0.15, 0.2) is 0 Å². The first kappa shape index (κ1) is 17.9. The Labute approximate surface area is 151 Å². The van der Waals surface area contributed by atoms with Gasteiger partial charge in [0.1, 0.15) is 23.4 Å². The third kappa shape index (κ3) is 3.83. The molecule has 1 aromatic heterocycles. The Morgan fingerprint density at radius 2 is 2.12 bits per heavy atom. The lowest BCUT2D eigenvalue weighted by atomic mass is 10.1. The Hall–Kier alpha value is -2.93. The van der Waals surface area contributed by atoms with Crippen LogP contribution >= 0.6 is 0 Å². The van der Waals surface area contributed by atoms with Crippen molar-refractivity contribution in [2.45, 2.75) is 12.6 Å². The Morgan fingerprint density at radius 1 is 1.31 bits per heavy atom. The summed E-state index contributed by atoms with van der Waals surface area (Å²) in [6.07, 6.45) is 0. The van der Waals surface area contributed by atoms with E-state index in [1.165, 1.54) is 12.1 Å². The second kappa shape index (κ2) is 7.53. The highest BCUT2D eigenvalue weighted by molar-refractivity contribution is 5.83. The van der Waals surface area contributed by atoms with E-state index in [-0.39, 0.29) is 18.3 Å². The fraction of sp³-hybridized carbons (Fsp3) is 0.263. The van der Waals surface area contributed by atoms with E-state index in [0.717, 1.165) is 16.8 Å². The summed E-state index contributed by atoms with van der Waals surface area (Å²) in [5.41, 5.74) is 2.23. The molecule has 3 rings (SSSR count). The van der Waals surface area contributed by atoms with Crippen molar-refractivity contribution < 1.29 is 13.9 Å². The number of rotatable bonds is 6. The number of imidazole rings is 1. The van der Waals surface area contributed by atoms with Crippen molar-refractivity contribution in [2.24, 2.45) is 0 Å².